The van der Waals surface area contributed by atoms with Gasteiger partial charge in [0.2, 0.25) is 10.0 Å². The number of nitrogens with one attached hydrogen (secondary N) is 1. The molecule has 1 aromatic carbocycles. The Morgan fingerprint density at radius 1 is 1.32 bits per heavy atom. The van der Waals surface area contributed by atoms with E-state index < -0.39 is 28.8 Å². The SMILES string of the molecule is CC(NOCC(F)(F)F)c1ccc(S(N)(=O)=O)cc1. The van der Waals surface area contributed by atoms with Crippen LogP contribution in [0.25, 0.3) is 0 Å². The van der Waals surface area contributed by atoms with Crippen LogP contribution in [0.2, 0.25) is 0 Å². The maximum Gasteiger partial charge on any atom is 0.413 e. The monoisotopic (exact) mass is 298 g/mol. The molecular weight excluding hydrogens is 285 g/mol. The summed E-state index contributed by atoms with van der Waals surface area (Å²) in [6.07, 6.45) is -4.41. The highest BCUT2D eigenvalue weighted by Crippen LogP contribution is 2.17. The van der Waals surface area contributed by atoms with Gasteiger partial charge < -0.3 is 0 Å². The van der Waals surface area contributed by atoms with Crippen LogP contribution in [0.3, 0.4) is 0 Å². The zero-order valence-corrected chi connectivity index (χ0v) is 10.8. The van der Waals surface area contributed by atoms with Crippen molar-refractivity contribution in [2.24, 2.45) is 5.14 Å². The molecule has 0 aliphatic heterocycles. The van der Waals surface area contributed by atoms with Crippen LogP contribution in [0, 0.1) is 0 Å². The van der Waals surface area contributed by atoms with Crippen molar-refractivity contribution in [3.8, 4) is 0 Å². The molecule has 1 aromatic rings. The minimum absolute atomic E-state index is 0.0698. The van der Waals surface area contributed by atoms with Crippen molar-refractivity contribution in [2.75, 3.05) is 6.61 Å². The van der Waals surface area contributed by atoms with Crippen molar-refractivity contribution >= 4 is 10.0 Å². The standard InChI is InChI=1S/C10H13F3N2O3S/c1-7(15-18-6-10(11,12)13)8-2-4-9(5-3-8)19(14,16)17/h2-5,7,15H,6H2,1H3,(H2,14,16,17). The van der Waals surface area contributed by atoms with E-state index in [0.717, 1.165) is 0 Å². The molecule has 108 valence electrons. The fourth-order valence-corrected chi connectivity index (χ4v) is 1.78. The lowest BCUT2D eigenvalue weighted by molar-refractivity contribution is -0.192. The first-order valence-electron chi connectivity index (χ1n) is 5.16. The molecule has 0 heterocycles. The summed E-state index contributed by atoms with van der Waals surface area (Å²) in [5, 5.41) is 4.92. The second kappa shape index (κ2) is 5.87. The van der Waals surface area contributed by atoms with Gasteiger partial charge in [-0.25, -0.2) is 13.6 Å². The van der Waals surface area contributed by atoms with E-state index in [9.17, 15) is 21.6 Å². The Bertz CT molecular complexity index is 514. The summed E-state index contributed by atoms with van der Waals surface area (Å²) in [6.45, 7) is 0.162. The highest BCUT2D eigenvalue weighted by atomic mass is 32.2. The molecule has 0 spiro atoms. The van der Waals surface area contributed by atoms with Crippen molar-refractivity contribution in [3.63, 3.8) is 0 Å². The molecule has 0 aliphatic rings. The number of nitrogens with two attached hydrogens (primary N) is 1. The van der Waals surface area contributed by atoms with Crippen molar-refractivity contribution in [1.82, 2.24) is 5.48 Å². The number of hydrogen-bond acceptors (Lipinski definition) is 4. The van der Waals surface area contributed by atoms with E-state index >= 15 is 0 Å². The third kappa shape index (κ3) is 5.55. The Kier molecular flexibility index (Phi) is 4.91. The van der Waals surface area contributed by atoms with Crippen LogP contribution in [-0.2, 0) is 14.9 Å². The van der Waals surface area contributed by atoms with E-state index in [1.54, 1.807) is 6.92 Å². The molecule has 1 rings (SSSR count). The molecule has 19 heavy (non-hydrogen) atoms. The highest BCUT2D eigenvalue weighted by molar-refractivity contribution is 7.89. The fraction of sp³-hybridized carbons (Fsp3) is 0.400. The fourth-order valence-electron chi connectivity index (χ4n) is 1.26. The van der Waals surface area contributed by atoms with E-state index in [1.807, 2.05) is 0 Å². The Morgan fingerprint density at radius 2 is 1.84 bits per heavy atom. The van der Waals surface area contributed by atoms with Crippen LogP contribution >= 0.6 is 0 Å². The van der Waals surface area contributed by atoms with Gasteiger partial charge in [-0.1, -0.05) is 12.1 Å². The Labute approximate surface area is 108 Å². The maximum absolute atomic E-state index is 11.8. The first-order chi connectivity index (χ1) is 8.59. The predicted molar refractivity (Wildman–Crippen MR) is 61.4 cm³/mol. The van der Waals surface area contributed by atoms with Gasteiger partial charge in [-0.15, -0.1) is 0 Å². The second-order valence-electron chi connectivity index (χ2n) is 3.86. The minimum atomic E-state index is -4.41. The molecule has 0 bridgehead atoms. The van der Waals surface area contributed by atoms with Crippen LogP contribution in [-0.4, -0.2) is 21.2 Å². The second-order valence-corrected chi connectivity index (χ2v) is 5.42. The Hall–Kier alpha value is -1.16. The Morgan fingerprint density at radius 3 is 2.26 bits per heavy atom. The number of alkyl halides is 3. The van der Waals surface area contributed by atoms with Crippen molar-refractivity contribution in [1.29, 1.82) is 0 Å². The molecule has 9 heteroatoms. The van der Waals surface area contributed by atoms with Gasteiger partial charge >= 0.3 is 6.18 Å². The number of primary sulfonamides is 1. The van der Waals surface area contributed by atoms with E-state index in [4.69, 9.17) is 5.14 Å². The van der Waals surface area contributed by atoms with Gasteiger partial charge in [-0.05, 0) is 24.6 Å². The summed E-state index contributed by atoms with van der Waals surface area (Å²) in [4.78, 5) is 4.22. The van der Waals surface area contributed by atoms with Crippen LogP contribution in [0.5, 0.6) is 0 Å². The first kappa shape index (κ1) is 15.9. The molecule has 0 saturated heterocycles. The van der Waals surface area contributed by atoms with E-state index in [2.05, 4.69) is 10.3 Å². The molecule has 1 atom stereocenters. The normalized spacial score (nSPS) is 14.4. The van der Waals surface area contributed by atoms with Crippen LogP contribution in [0.1, 0.15) is 18.5 Å². The van der Waals surface area contributed by atoms with E-state index in [0.29, 0.717) is 5.56 Å². The third-order valence-corrected chi connectivity index (χ3v) is 3.13. The topological polar surface area (TPSA) is 81.4 Å². The number of hydrogen-bond donors (Lipinski definition) is 2. The average molecular weight is 298 g/mol. The van der Waals surface area contributed by atoms with Crippen LogP contribution < -0.4 is 10.6 Å². The summed E-state index contributed by atoms with van der Waals surface area (Å²) in [6, 6.07) is 4.89. The summed E-state index contributed by atoms with van der Waals surface area (Å²) in [7, 11) is -3.78. The van der Waals surface area contributed by atoms with Gasteiger partial charge in [0.25, 0.3) is 0 Å². The number of halogens is 3. The van der Waals surface area contributed by atoms with Crippen molar-refractivity contribution < 1.29 is 26.4 Å². The van der Waals surface area contributed by atoms with Gasteiger partial charge in [0, 0.05) is 0 Å². The van der Waals surface area contributed by atoms with Gasteiger partial charge in [-0.3, -0.25) is 4.84 Å². The average Bonchev–Trinajstić information content (AvgIpc) is 2.26. The quantitative estimate of drug-likeness (QED) is 0.807. The zero-order chi connectivity index (χ0) is 14.7. The van der Waals surface area contributed by atoms with Gasteiger partial charge in [0.15, 0.2) is 6.61 Å². The van der Waals surface area contributed by atoms with E-state index in [-0.39, 0.29) is 4.90 Å². The first-order valence-corrected chi connectivity index (χ1v) is 6.71. The number of hydroxylamine groups is 1. The van der Waals surface area contributed by atoms with Crippen LogP contribution in [0.15, 0.2) is 29.2 Å². The molecule has 0 saturated carbocycles. The van der Waals surface area contributed by atoms with E-state index in [1.165, 1.54) is 24.3 Å². The lowest BCUT2D eigenvalue weighted by Crippen LogP contribution is -2.26. The molecule has 0 aromatic heterocycles. The summed E-state index contributed by atoms with van der Waals surface area (Å²) >= 11 is 0. The molecule has 0 amide bonds. The molecule has 5 nitrogen and oxygen atoms in total. The van der Waals surface area contributed by atoms with Crippen molar-refractivity contribution in [3.05, 3.63) is 29.8 Å². The Balaban J connectivity index is 2.61. The van der Waals surface area contributed by atoms with Gasteiger partial charge in [-0.2, -0.15) is 18.7 Å². The molecule has 3 N–H and O–H groups in total. The number of sulfonamides is 1. The van der Waals surface area contributed by atoms with Gasteiger partial charge in [0.05, 0.1) is 10.9 Å². The molecule has 0 aliphatic carbocycles. The highest BCUT2D eigenvalue weighted by Gasteiger charge is 2.28. The lowest BCUT2D eigenvalue weighted by atomic mass is 10.1. The largest absolute Gasteiger partial charge is 0.413 e. The summed E-state index contributed by atoms with van der Waals surface area (Å²) < 4.78 is 57.6. The maximum atomic E-state index is 11.8. The summed E-state index contributed by atoms with van der Waals surface area (Å²) in [5.74, 6) is 0. The zero-order valence-electron chi connectivity index (χ0n) is 9.94. The minimum Gasteiger partial charge on any atom is -0.292 e. The lowest BCUT2D eigenvalue weighted by Gasteiger charge is -2.15. The number of rotatable bonds is 5. The molecule has 0 radical (unpaired) electrons. The molecule has 0 fully saturated rings. The van der Waals surface area contributed by atoms with Crippen molar-refractivity contribution in [2.45, 2.75) is 24.0 Å². The van der Waals surface area contributed by atoms with Crippen LogP contribution in [0.4, 0.5) is 13.2 Å². The third-order valence-electron chi connectivity index (χ3n) is 2.20. The molecular formula is C10H13F3N2O3S. The molecule has 1 unspecified atom stereocenters. The van der Waals surface area contributed by atoms with Gasteiger partial charge in [0.1, 0.15) is 0 Å². The predicted octanol–water partition coefficient (Wildman–Crippen LogP) is 1.48. The summed E-state index contributed by atoms with van der Waals surface area (Å²) in [5.41, 5.74) is 2.78. The number of benzene rings is 1. The smallest absolute Gasteiger partial charge is 0.292 e.